The molecule has 0 fully saturated rings. The van der Waals surface area contributed by atoms with Gasteiger partial charge in [-0.05, 0) is 48.7 Å². The van der Waals surface area contributed by atoms with E-state index in [0.717, 1.165) is 21.9 Å². The van der Waals surface area contributed by atoms with Gasteiger partial charge in [0.1, 0.15) is 5.60 Å². The molecule has 0 N–H and O–H groups in total. The predicted molar refractivity (Wildman–Crippen MR) is 99.6 cm³/mol. The van der Waals surface area contributed by atoms with Crippen LogP contribution < -0.4 is 0 Å². The fourth-order valence-corrected chi connectivity index (χ4v) is 2.70. The Hall–Kier alpha value is -2.81. The van der Waals surface area contributed by atoms with Crippen molar-refractivity contribution >= 4 is 16.9 Å². The van der Waals surface area contributed by atoms with Crippen molar-refractivity contribution in [3.05, 3.63) is 83.9 Å². The molecule has 0 aliphatic rings. The summed E-state index contributed by atoms with van der Waals surface area (Å²) in [6.45, 7) is 5.46. The van der Waals surface area contributed by atoms with E-state index in [-0.39, 0.29) is 0 Å². The Morgan fingerprint density at radius 3 is 2.12 bits per heavy atom. The summed E-state index contributed by atoms with van der Waals surface area (Å²) >= 11 is 0. The molecule has 0 unspecified atom stereocenters. The number of rotatable bonds is 3. The van der Waals surface area contributed by atoms with Crippen molar-refractivity contribution in [1.82, 2.24) is 0 Å². The van der Waals surface area contributed by atoms with E-state index in [1.807, 2.05) is 81.4 Å². The smallest absolute Gasteiger partial charge is 0.429 e. The molecule has 3 heteroatoms. The summed E-state index contributed by atoms with van der Waals surface area (Å²) in [7, 11) is 0. The first-order chi connectivity index (χ1) is 11.9. The molecule has 0 radical (unpaired) electrons. The Labute approximate surface area is 148 Å². The van der Waals surface area contributed by atoms with Crippen LogP contribution in [0.4, 0.5) is 4.79 Å². The summed E-state index contributed by atoms with van der Waals surface area (Å²) in [5.74, 6) is 0. The van der Waals surface area contributed by atoms with Crippen molar-refractivity contribution in [1.29, 1.82) is 0 Å². The highest BCUT2D eigenvalue weighted by Gasteiger charge is 2.24. The quantitative estimate of drug-likeness (QED) is 0.561. The van der Waals surface area contributed by atoms with Gasteiger partial charge in [-0.2, -0.15) is 0 Å². The second-order valence-corrected chi connectivity index (χ2v) is 6.98. The first-order valence-corrected chi connectivity index (χ1v) is 8.36. The van der Waals surface area contributed by atoms with Crippen LogP contribution in [0, 0.1) is 0 Å². The highest BCUT2D eigenvalue weighted by atomic mass is 16.7. The van der Waals surface area contributed by atoms with Gasteiger partial charge in [-0.25, -0.2) is 4.79 Å². The summed E-state index contributed by atoms with van der Waals surface area (Å²) in [5, 5.41) is 2.25. The largest absolute Gasteiger partial charge is 0.509 e. The Kier molecular flexibility index (Phi) is 4.75. The number of ether oxygens (including phenoxy) is 2. The molecule has 1 atom stereocenters. The van der Waals surface area contributed by atoms with E-state index in [1.54, 1.807) is 0 Å². The zero-order valence-corrected chi connectivity index (χ0v) is 14.7. The van der Waals surface area contributed by atoms with Gasteiger partial charge in [0.05, 0.1) is 0 Å². The van der Waals surface area contributed by atoms with Crippen molar-refractivity contribution in [3.63, 3.8) is 0 Å². The summed E-state index contributed by atoms with van der Waals surface area (Å²) in [5.41, 5.74) is 1.22. The van der Waals surface area contributed by atoms with E-state index >= 15 is 0 Å². The zero-order chi connectivity index (χ0) is 17.9. The fourth-order valence-electron chi connectivity index (χ4n) is 2.70. The maximum absolute atomic E-state index is 12.2. The zero-order valence-electron chi connectivity index (χ0n) is 14.7. The van der Waals surface area contributed by atoms with Gasteiger partial charge in [0, 0.05) is 0 Å². The number of hydrogen-bond donors (Lipinski definition) is 0. The molecule has 0 bridgehead atoms. The normalized spacial score (nSPS) is 12.6. The highest BCUT2D eigenvalue weighted by Crippen LogP contribution is 2.29. The summed E-state index contributed by atoms with van der Waals surface area (Å²) in [6, 6.07) is 23.9. The third-order valence-corrected chi connectivity index (χ3v) is 3.78. The third-order valence-electron chi connectivity index (χ3n) is 3.78. The van der Waals surface area contributed by atoms with Crippen LogP contribution in [0.3, 0.4) is 0 Å². The standard InChI is InChI=1S/C22H22O3/c1-22(2,3)25-21(23)24-20(17-10-5-4-6-11-17)19-14-13-16-9-7-8-12-18(16)15-19/h4-15,20H,1-3H3/t20-/m0/s1. The van der Waals surface area contributed by atoms with E-state index < -0.39 is 17.9 Å². The van der Waals surface area contributed by atoms with Gasteiger partial charge >= 0.3 is 6.16 Å². The van der Waals surface area contributed by atoms with E-state index in [0.29, 0.717) is 0 Å². The molecular formula is C22H22O3. The third kappa shape index (κ3) is 4.38. The van der Waals surface area contributed by atoms with Crippen LogP contribution in [0.2, 0.25) is 0 Å². The summed E-state index contributed by atoms with van der Waals surface area (Å²) < 4.78 is 11.0. The maximum atomic E-state index is 12.2. The highest BCUT2D eigenvalue weighted by molar-refractivity contribution is 5.83. The molecule has 0 aliphatic carbocycles. The van der Waals surface area contributed by atoms with Gasteiger partial charge in [-0.15, -0.1) is 0 Å². The molecule has 0 spiro atoms. The molecule has 0 amide bonds. The van der Waals surface area contributed by atoms with E-state index in [1.165, 1.54) is 0 Å². The Morgan fingerprint density at radius 1 is 0.800 bits per heavy atom. The number of fused-ring (bicyclic) bond motifs is 1. The first kappa shape index (κ1) is 17.0. The molecule has 0 aliphatic heterocycles. The van der Waals surface area contributed by atoms with Crippen molar-refractivity contribution in [3.8, 4) is 0 Å². The van der Waals surface area contributed by atoms with Gasteiger partial charge in [0.2, 0.25) is 0 Å². The molecule has 0 saturated heterocycles. The molecular weight excluding hydrogens is 312 g/mol. The SMILES string of the molecule is CC(C)(C)OC(=O)O[C@@H](c1ccccc1)c1ccc2ccccc2c1. The number of carbonyl (C=O) groups is 1. The van der Waals surface area contributed by atoms with Gasteiger partial charge in [-0.1, -0.05) is 66.7 Å². The summed E-state index contributed by atoms with van der Waals surface area (Å²) in [6.07, 6.45) is -1.19. The van der Waals surface area contributed by atoms with Crippen LogP contribution in [-0.2, 0) is 9.47 Å². The number of carbonyl (C=O) groups excluding carboxylic acids is 1. The lowest BCUT2D eigenvalue weighted by Gasteiger charge is -2.23. The van der Waals surface area contributed by atoms with Crippen LogP contribution in [0.15, 0.2) is 72.8 Å². The molecule has 3 nitrogen and oxygen atoms in total. The molecule has 3 aromatic rings. The molecule has 0 saturated carbocycles. The lowest BCUT2D eigenvalue weighted by Crippen LogP contribution is -2.25. The van der Waals surface area contributed by atoms with Crippen LogP contribution in [0.25, 0.3) is 10.8 Å². The van der Waals surface area contributed by atoms with E-state index in [9.17, 15) is 4.79 Å². The van der Waals surface area contributed by atoms with Crippen LogP contribution >= 0.6 is 0 Å². The van der Waals surface area contributed by atoms with Crippen LogP contribution in [0.5, 0.6) is 0 Å². The van der Waals surface area contributed by atoms with Crippen LogP contribution in [0.1, 0.15) is 38.0 Å². The van der Waals surface area contributed by atoms with Crippen LogP contribution in [-0.4, -0.2) is 11.8 Å². The van der Waals surface area contributed by atoms with Gasteiger partial charge in [-0.3, -0.25) is 0 Å². The summed E-state index contributed by atoms with van der Waals surface area (Å²) in [4.78, 5) is 12.2. The Morgan fingerprint density at radius 2 is 1.44 bits per heavy atom. The van der Waals surface area contributed by atoms with Crippen molar-refractivity contribution in [2.24, 2.45) is 0 Å². The molecule has 0 heterocycles. The monoisotopic (exact) mass is 334 g/mol. The number of hydrogen-bond acceptors (Lipinski definition) is 3. The van der Waals surface area contributed by atoms with Crippen molar-refractivity contribution in [2.75, 3.05) is 0 Å². The molecule has 3 aromatic carbocycles. The van der Waals surface area contributed by atoms with Gasteiger partial charge in [0.25, 0.3) is 0 Å². The topological polar surface area (TPSA) is 35.5 Å². The second kappa shape index (κ2) is 6.98. The Bertz CT molecular complexity index is 863. The number of benzene rings is 3. The lowest BCUT2D eigenvalue weighted by atomic mass is 9.98. The van der Waals surface area contributed by atoms with Crippen molar-refractivity contribution < 1.29 is 14.3 Å². The maximum Gasteiger partial charge on any atom is 0.509 e. The minimum atomic E-state index is -0.672. The molecule has 3 rings (SSSR count). The minimum absolute atomic E-state index is 0.513. The second-order valence-electron chi connectivity index (χ2n) is 6.98. The van der Waals surface area contributed by atoms with Crippen molar-refractivity contribution in [2.45, 2.75) is 32.5 Å². The average molecular weight is 334 g/mol. The minimum Gasteiger partial charge on any atom is -0.429 e. The molecule has 0 aromatic heterocycles. The lowest BCUT2D eigenvalue weighted by molar-refractivity contribution is -0.0201. The van der Waals surface area contributed by atoms with Gasteiger partial charge < -0.3 is 9.47 Å². The predicted octanol–water partition coefficient (Wildman–Crippen LogP) is 5.88. The van der Waals surface area contributed by atoms with Gasteiger partial charge in [0.15, 0.2) is 6.10 Å². The van der Waals surface area contributed by atoms with E-state index in [4.69, 9.17) is 9.47 Å². The first-order valence-electron chi connectivity index (χ1n) is 8.36. The molecule has 128 valence electrons. The fraction of sp³-hybridized carbons (Fsp3) is 0.227. The average Bonchev–Trinajstić information content (AvgIpc) is 2.58. The Balaban J connectivity index is 1.96. The molecule has 25 heavy (non-hydrogen) atoms. The van der Waals surface area contributed by atoms with E-state index in [2.05, 4.69) is 12.1 Å².